The van der Waals surface area contributed by atoms with Gasteiger partial charge in [0, 0.05) is 15.6 Å². The van der Waals surface area contributed by atoms with Crippen LogP contribution in [-0.2, 0) is 0 Å². The molecule has 0 aromatic heterocycles. The Hall–Kier alpha value is -1.61. The monoisotopic (exact) mass is 332 g/mol. The Balaban J connectivity index is 2.22. The minimum atomic E-state index is 0.0247. The van der Waals surface area contributed by atoms with Crippen LogP contribution in [-0.4, -0.2) is 11.9 Å². The van der Waals surface area contributed by atoms with E-state index in [9.17, 15) is 4.79 Å². The van der Waals surface area contributed by atoms with Crippen molar-refractivity contribution in [2.24, 2.45) is 0 Å². The van der Waals surface area contributed by atoms with Crippen LogP contribution in [0.1, 0.15) is 35.3 Å². The van der Waals surface area contributed by atoms with Gasteiger partial charge in [-0.2, -0.15) is 0 Å². The summed E-state index contributed by atoms with van der Waals surface area (Å²) < 4.78 is 6.58. The van der Waals surface area contributed by atoms with Crippen LogP contribution in [0.25, 0.3) is 0 Å². The molecule has 2 aromatic rings. The second-order valence-corrected chi connectivity index (χ2v) is 5.84. The van der Waals surface area contributed by atoms with Gasteiger partial charge in [0.15, 0.2) is 5.78 Å². The molecular weight excluding hydrogens is 316 g/mol. The average molecular weight is 333 g/mol. The Morgan fingerprint density at radius 3 is 2.20 bits per heavy atom. The number of aryl methyl sites for hydroxylation is 1. The van der Waals surface area contributed by atoms with E-state index in [2.05, 4.69) is 15.9 Å². The number of benzene rings is 2. The van der Waals surface area contributed by atoms with Crippen LogP contribution in [0.5, 0.6) is 5.75 Å². The smallest absolute Gasteiger partial charge is 0.193 e. The molecule has 0 radical (unpaired) electrons. The minimum absolute atomic E-state index is 0.0247. The summed E-state index contributed by atoms with van der Waals surface area (Å²) in [7, 11) is 0. The standard InChI is InChI=1S/C17H17BrO2/c1-11(2)20-15-7-4-13(5-8-15)17(19)14-6-9-16(18)12(3)10-14/h4-11H,1-3H3. The van der Waals surface area contributed by atoms with E-state index in [1.54, 1.807) is 12.1 Å². The third kappa shape index (κ3) is 3.48. The highest BCUT2D eigenvalue weighted by Gasteiger charge is 2.10. The molecular formula is C17H17BrO2. The number of carbonyl (C=O) groups is 1. The van der Waals surface area contributed by atoms with Gasteiger partial charge in [-0.1, -0.05) is 15.9 Å². The van der Waals surface area contributed by atoms with E-state index in [4.69, 9.17) is 4.74 Å². The molecule has 3 heteroatoms. The Labute approximate surface area is 127 Å². The largest absolute Gasteiger partial charge is 0.491 e. The Morgan fingerprint density at radius 2 is 1.65 bits per heavy atom. The highest BCUT2D eigenvalue weighted by Crippen LogP contribution is 2.20. The maximum absolute atomic E-state index is 12.4. The van der Waals surface area contributed by atoms with E-state index in [-0.39, 0.29) is 11.9 Å². The fraction of sp³-hybridized carbons (Fsp3) is 0.235. The number of carbonyl (C=O) groups excluding carboxylic acids is 1. The number of ketones is 1. The van der Waals surface area contributed by atoms with Gasteiger partial charge < -0.3 is 4.74 Å². The molecule has 0 amide bonds. The lowest BCUT2D eigenvalue weighted by Crippen LogP contribution is -2.06. The summed E-state index contributed by atoms with van der Waals surface area (Å²) in [5, 5.41) is 0. The van der Waals surface area contributed by atoms with Crippen molar-refractivity contribution in [3.05, 3.63) is 63.6 Å². The zero-order chi connectivity index (χ0) is 14.7. The summed E-state index contributed by atoms with van der Waals surface area (Å²) in [6, 6.07) is 12.9. The van der Waals surface area contributed by atoms with Gasteiger partial charge in [-0.3, -0.25) is 4.79 Å². The average Bonchev–Trinajstić information content (AvgIpc) is 2.41. The molecule has 0 fully saturated rings. The Kier molecular flexibility index (Phi) is 4.61. The topological polar surface area (TPSA) is 26.3 Å². The van der Waals surface area contributed by atoms with Crippen LogP contribution in [0.2, 0.25) is 0 Å². The summed E-state index contributed by atoms with van der Waals surface area (Å²) in [5.74, 6) is 0.806. The first-order valence-electron chi connectivity index (χ1n) is 6.55. The predicted molar refractivity (Wildman–Crippen MR) is 84.5 cm³/mol. The second-order valence-electron chi connectivity index (χ2n) is 4.98. The molecule has 0 N–H and O–H groups in total. The van der Waals surface area contributed by atoms with E-state index in [0.717, 1.165) is 15.8 Å². The Bertz CT molecular complexity index is 615. The van der Waals surface area contributed by atoms with Gasteiger partial charge >= 0.3 is 0 Å². The normalized spacial score (nSPS) is 10.7. The van der Waals surface area contributed by atoms with Crippen molar-refractivity contribution in [2.45, 2.75) is 26.9 Å². The highest BCUT2D eigenvalue weighted by molar-refractivity contribution is 9.10. The van der Waals surface area contributed by atoms with Gasteiger partial charge in [-0.15, -0.1) is 0 Å². The lowest BCUT2D eigenvalue weighted by molar-refractivity contribution is 0.103. The van der Waals surface area contributed by atoms with Crippen LogP contribution in [0.3, 0.4) is 0 Å². The fourth-order valence-corrected chi connectivity index (χ4v) is 2.16. The molecule has 0 heterocycles. The Morgan fingerprint density at radius 1 is 1.05 bits per heavy atom. The van der Waals surface area contributed by atoms with Crippen molar-refractivity contribution in [1.29, 1.82) is 0 Å². The SMILES string of the molecule is Cc1cc(C(=O)c2ccc(OC(C)C)cc2)ccc1Br. The lowest BCUT2D eigenvalue weighted by atomic mass is 10.0. The van der Waals surface area contributed by atoms with E-state index in [1.807, 2.05) is 51.1 Å². The molecule has 2 rings (SSSR count). The third-order valence-electron chi connectivity index (χ3n) is 2.91. The molecule has 0 saturated carbocycles. The number of ether oxygens (including phenoxy) is 1. The predicted octanol–water partition coefficient (Wildman–Crippen LogP) is 4.78. The van der Waals surface area contributed by atoms with Gasteiger partial charge in [0.05, 0.1) is 6.10 Å². The van der Waals surface area contributed by atoms with E-state index in [0.29, 0.717) is 11.1 Å². The third-order valence-corrected chi connectivity index (χ3v) is 3.80. The summed E-state index contributed by atoms with van der Waals surface area (Å²) in [6.45, 7) is 5.92. The molecule has 2 nitrogen and oxygen atoms in total. The second kappa shape index (κ2) is 6.23. The lowest BCUT2D eigenvalue weighted by Gasteiger charge is -2.10. The van der Waals surface area contributed by atoms with Crippen LogP contribution in [0.15, 0.2) is 46.9 Å². The van der Waals surface area contributed by atoms with Gasteiger partial charge in [-0.05, 0) is 68.8 Å². The van der Waals surface area contributed by atoms with Crippen molar-refractivity contribution < 1.29 is 9.53 Å². The van der Waals surface area contributed by atoms with E-state index < -0.39 is 0 Å². The summed E-state index contributed by atoms with van der Waals surface area (Å²) in [4.78, 5) is 12.4. The first-order valence-corrected chi connectivity index (χ1v) is 7.34. The quantitative estimate of drug-likeness (QED) is 0.753. The summed E-state index contributed by atoms with van der Waals surface area (Å²) in [5.41, 5.74) is 2.42. The van der Waals surface area contributed by atoms with Crippen LogP contribution >= 0.6 is 15.9 Å². The molecule has 0 aliphatic rings. The number of rotatable bonds is 4. The van der Waals surface area contributed by atoms with E-state index in [1.165, 1.54) is 0 Å². The van der Waals surface area contributed by atoms with Crippen molar-refractivity contribution in [3.8, 4) is 5.75 Å². The van der Waals surface area contributed by atoms with Crippen molar-refractivity contribution >= 4 is 21.7 Å². The molecule has 0 saturated heterocycles. The molecule has 0 atom stereocenters. The number of halogens is 1. The fourth-order valence-electron chi connectivity index (χ4n) is 1.91. The van der Waals surface area contributed by atoms with Crippen molar-refractivity contribution in [1.82, 2.24) is 0 Å². The first-order chi connectivity index (χ1) is 9.47. The number of hydrogen-bond donors (Lipinski definition) is 0. The highest BCUT2D eigenvalue weighted by atomic mass is 79.9. The van der Waals surface area contributed by atoms with Gasteiger partial charge in [0.1, 0.15) is 5.75 Å². The molecule has 20 heavy (non-hydrogen) atoms. The summed E-state index contributed by atoms with van der Waals surface area (Å²) >= 11 is 3.44. The zero-order valence-electron chi connectivity index (χ0n) is 11.8. The molecule has 0 spiro atoms. The maximum Gasteiger partial charge on any atom is 0.193 e. The molecule has 104 valence electrons. The molecule has 0 aliphatic heterocycles. The van der Waals surface area contributed by atoms with Crippen LogP contribution in [0, 0.1) is 6.92 Å². The zero-order valence-corrected chi connectivity index (χ0v) is 13.4. The maximum atomic E-state index is 12.4. The molecule has 0 unspecified atom stereocenters. The number of hydrogen-bond acceptors (Lipinski definition) is 2. The van der Waals surface area contributed by atoms with Crippen LogP contribution < -0.4 is 4.74 Å². The minimum Gasteiger partial charge on any atom is -0.491 e. The molecule has 2 aromatic carbocycles. The van der Waals surface area contributed by atoms with Crippen molar-refractivity contribution in [2.75, 3.05) is 0 Å². The van der Waals surface area contributed by atoms with Gasteiger partial charge in [0.2, 0.25) is 0 Å². The van der Waals surface area contributed by atoms with Gasteiger partial charge in [0.25, 0.3) is 0 Å². The summed E-state index contributed by atoms with van der Waals surface area (Å²) in [6.07, 6.45) is 0.130. The van der Waals surface area contributed by atoms with Crippen molar-refractivity contribution in [3.63, 3.8) is 0 Å². The van der Waals surface area contributed by atoms with Gasteiger partial charge in [-0.25, -0.2) is 0 Å². The molecule has 0 bridgehead atoms. The first kappa shape index (κ1) is 14.8. The van der Waals surface area contributed by atoms with E-state index >= 15 is 0 Å². The van der Waals surface area contributed by atoms with Crippen LogP contribution in [0.4, 0.5) is 0 Å². The molecule has 0 aliphatic carbocycles.